The third kappa shape index (κ3) is 10.8. The standard InChI is InChI=1S/C118H74BN3/c1-7-27-75(28-8-1)77-55-61-87(62-56-77)120(88-63-57-78(58-64-88)76-29-9-2-10-30-76)89-73-110-116-111(74-89)122(118-94(81-35-15-5-16-36-81)45-24-46-95(118)82-37-17-6-18-38-82)109-70-60-86(91-66-68-105-101-50-22-42-84-40-20-48-99(113(84)101)103-54-26-52-97(91)115(103)105)72-107(109)119(116)106-71-85(90-65-67-104-100-49-21-41-83-39-19-47-98(112(83)100)102-53-25-51-96(90)114(102)104)59-69-108(106)121(110)117-92(79-31-11-3-12-32-79)43-23-44-93(117)80-33-13-4-14-34-80/h1-74H/i1D,2D,7D,8D,9D,10D,27D,28D,29D,30D,59D,60D,69D,70D,71D,72D. The van der Waals surface area contributed by atoms with Crippen LogP contribution in [0.3, 0.4) is 0 Å². The molecule has 0 spiro atoms. The molecule has 3 nitrogen and oxygen atoms in total. The van der Waals surface area contributed by atoms with Crippen molar-refractivity contribution in [3.63, 3.8) is 0 Å². The zero-order chi connectivity index (χ0) is 94.0. The monoisotopic (exact) mass is 1560 g/mol. The molecule has 2 aliphatic rings. The van der Waals surface area contributed by atoms with Crippen LogP contribution in [0.2, 0.25) is 0 Å². The van der Waals surface area contributed by atoms with E-state index in [-0.39, 0.29) is 80.8 Å². The second kappa shape index (κ2) is 27.9. The normalized spacial score (nSPS) is 14.2. The lowest BCUT2D eigenvalue weighted by atomic mass is 9.33. The van der Waals surface area contributed by atoms with Crippen LogP contribution in [0, 0.1) is 0 Å². The van der Waals surface area contributed by atoms with E-state index < -0.39 is 67.1 Å². The van der Waals surface area contributed by atoms with Crippen LogP contribution in [0.15, 0.2) is 449 Å². The Morgan fingerprint density at radius 2 is 0.533 bits per heavy atom. The molecule has 564 valence electrons. The average molecular weight is 1560 g/mol. The maximum Gasteiger partial charge on any atom is 0.252 e. The largest absolute Gasteiger partial charge is 0.310 e. The number of anilines is 9. The van der Waals surface area contributed by atoms with Gasteiger partial charge in [0.25, 0.3) is 6.71 Å². The van der Waals surface area contributed by atoms with E-state index in [1.165, 1.54) is 0 Å². The Morgan fingerprint density at radius 3 is 0.893 bits per heavy atom. The molecule has 0 aliphatic carbocycles. The summed E-state index contributed by atoms with van der Waals surface area (Å²) in [6.45, 7) is -1.36. The van der Waals surface area contributed by atoms with Gasteiger partial charge in [-0.25, -0.2) is 0 Å². The lowest BCUT2D eigenvalue weighted by Crippen LogP contribution is -2.61. The molecule has 25 rings (SSSR count). The van der Waals surface area contributed by atoms with Gasteiger partial charge < -0.3 is 14.7 Å². The van der Waals surface area contributed by atoms with Crippen molar-refractivity contribution in [2.75, 3.05) is 14.7 Å². The lowest BCUT2D eigenvalue weighted by Gasteiger charge is -2.46. The first-order valence-electron chi connectivity index (χ1n) is 49.1. The minimum Gasteiger partial charge on any atom is -0.310 e. The molecule has 0 radical (unpaired) electrons. The summed E-state index contributed by atoms with van der Waals surface area (Å²) in [5.41, 5.74) is 12.1. The molecule has 0 aromatic heterocycles. The smallest absolute Gasteiger partial charge is 0.252 e. The van der Waals surface area contributed by atoms with E-state index in [0.717, 1.165) is 108 Å². The van der Waals surface area contributed by atoms with Gasteiger partial charge in [-0.1, -0.05) is 400 Å². The highest BCUT2D eigenvalue weighted by molar-refractivity contribution is 7.00. The first-order chi connectivity index (χ1) is 67.2. The number of fused-ring (bicyclic) bond motifs is 8. The van der Waals surface area contributed by atoms with Gasteiger partial charge in [0.05, 0.1) is 39.0 Å². The predicted octanol–water partition coefficient (Wildman–Crippen LogP) is 30.7. The topological polar surface area (TPSA) is 9.72 Å². The highest BCUT2D eigenvalue weighted by atomic mass is 15.2. The molecular formula is C118H74BN3. The third-order valence-electron chi connectivity index (χ3n) is 25.1. The number of rotatable bonds is 13. The Balaban J connectivity index is 0.880. The van der Waals surface area contributed by atoms with E-state index in [4.69, 9.17) is 8.22 Å². The molecular weight excluding hydrogens is 1470 g/mol. The third-order valence-corrected chi connectivity index (χ3v) is 25.1. The fourth-order valence-corrected chi connectivity index (χ4v) is 19.9. The summed E-state index contributed by atoms with van der Waals surface area (Å²) >= 11 is 0. The van der Waals surface area contributed by atoms with Crippen molar-refractivity contribution in [3.8, 4) is 89.0 Å². The van der Waals surface area contributed by atoms with E-state index in [1.54, 1.807) is 48.5 Å². The SMILES string of the molecule is [2H]c1c([2H])c([2H])c(-c2ccc(N(c3ccc(-c4c([2H])c([2H])c([2H])c([2H])c4[2H])cc3)c3cc4c5c(c3)N(c3c(-c6ccccc6)cccc3-c3ccccc3)c3c([2H])c([2H])c(-c6ccc7c8cccc9cccc(c%10cccc6c%107)c98)c([2H])c3B5c3c([2H])c(-c5ccc6c7cccc8cccc(c9cccc5c96)c87)c([2H])c([2H])c3N4c3c(-c4ccccc4)cccc3-c3ccccc3)cc2)c([2H])c1[2H]. The number of para-hydroxylation sites is 2. The summed E-state index contributed by atoms with van der Waals surface area (Å²) in [4.78, 5) is 6.10. The van der Waals surface area contributed by atoms with Gasteiger partial charge >= 0.3 is 0 Å². The first-order valence-corrected chi connectivity index (χ1v) is 41.1. The summed E-state index contributed by atoms with van der Waals surface area (Å²) in [6.07, 6.45) is 0. The molecule has 0 atom stereocenters. The minimum atomic E-state index is -1.36. The van der Waals surface area contributed by atoms with Crippen molar-refractivity contribution in [3.05, 3.63) is 449 Å². The van der Waals surface area contributed by atoms with Gasteiger partial charge in [0.2, 0.25) is 0 Å². The quantitative estimate of drug-likeness (QED) is 0.0647. The van der Waals surface area contributed by atoms with Gasteiger partial charge in [0.1, 0.15) is 0 Å². The van der Waals surface area contributed by atoms with Crippen LogP contribution in [0.4, 0.5) is 51.2 Å². The molecule has 0 N–H and O–H groups in total. The number of nitrogens with zero attached hydrogens (tertiary/aromatic N) is 3. The van der Waals surface area contributed by atoms with Gasteiger partial charge in [-0.2, -0.15) is 0 Å². The molecule has 23 aromatic rings. The van der Waals surface area contributed by atoms with Crippen molar-refractivity contribution in [1.82, 2.24) is 0 Å². The molecule has 2 heterocycles. The van der Waals surface area contributed by atoms with E-state index in [0.29, 0.717) is 89.8 Å². The number of hydrogen-bond donors (Lipinski definition) is 0. The summed E-state index contributed by atoms with van der Waals surface area (Å²) in [5, 5.41) is 15.7. The van der Waals surface area contributed by atoms with Crippen molar-refractivity contribution >= 4 is 160 Å². The first kappa shape index (κ1) is 54.9. The second-order valence-corrected chi connectivity index (χ2v) is 31.5. The fraction of sp³-hybridized carbons (Fsp3) is 0. The molecule has 4 heteroatoms. The highest BCUT2D eigenvalue weighted by Crippen LogP contribution is 2.57. The summed E-state index contributed by atoms with van der Waals surface area (Å²) in [7, 11) is 0. The Hall–Kier alpha value is -15.9. The minimum absolute atomic E-state index is 0.0400. The van der Waals surface area contributed by atoms with Crippen molar-refractivity contribution in [2.45, 2.75) is 0 Å². The van der Waals surface area contributed by atoms with Crippen molar-refractivity contribution < 1.29 is 21.9 Å². The summed E-state index contributed by atoms with van der Waals surface area (Å²) in [6, 6.07) is 110. The Labute approximate surface area is 730 Å². The number of benzene rings is 23. The van der Waals surface area contributed by atoms with Crippen LogP contribution < -0.4 is 31.1 Å². The molecule has 2 aliphatic heterocycles. The molecule has 0 bridgehead atoms. The van der Waals surface area contributed by atoms with Crippen LogP contribution in [-0.2, 0) is 0 Å². The van der Waals surface area contributed by atoms with E-state index >= 15 is 0 Å². The van der Waals surface area contributed by atoms with Crippen LogP contribution in [-0.4, -0.2) is 6.71 Å². The molecule has 23 aromatic carbocycles. The number of hydrogen-bond acceptors (Lipinski definition) is 3. The highest BCUT2D eigenvalue weighted by Gasteiger charge is 2.46. The van der Waals surface area contributed by atoms with Crippen molar-refractivity contribution in [1.29, 1.82) is 0 Å². The van der Waals surface area contributed by atoms with Gasteiger partial charge in [0, 0.05) is 56.4 Å². The molecule has 0 saturated carbocycles. The maximum atomic E-state index is 12.1. The molecule has 0 unspecified atom stereocenters. The summed E-state index contributed by atoms with van der Waals surface area (Å²) in [5.74, 6) is 0. The molecule has 122 heavy (non-hydrogen) atoms. The second-order valence-electron chi connectivity index (χ2n) is 31.5. The molecule has 0 saturated heterocycles. The van der Waals surface area contributed by atoms with E-state index in [2.05, 4.69) is 107 Å². The zero-order valence-corrected chi connectivity index (χ0v) is 65.4. The van der Waals surface area contributed by atoms with Crippen LogP contribution in [0.5, 0.6) is 0 Å². The Morgan fingerprint density at radius 1 is 0.213 bits per heavy atom. The molecule has 0 fully saturated rings. The van der Waals surface area contributed by atoms with Crippen LogP contribution in [0.25, 0.3) is 175 Å². The maximum absolute atomic E-state index is 12.1. The Bertz CT molecular complexity index is 8370. The van der Waals surface area contributed by atoms with Gasteiger partial charge in [-0.05, 0) is 218 Å². The molecule has 0 amide bonds. The van der Waals surface area contributed by atoms with Gasteiger partial charge in [-0.15, -0.1) is 0 Å². The zero-order valence-electron chi connectivity index (χ0n) is 81.4. The lowest BCUT2D eigenvalue weighted by molar-refractivity contribution is 1.23. The van der Waals surface area contributed by atoms with Crippen LogP contribution in [0.1, 0.15) is 21.9 Å². The van der Waals surface area contributed by atoms with Gasteiger partial charge in [0.15, 0.2) is 0 Å². The summed E-state index contributed by atoms with van der Waals surface area (Å²) < 4.78 is 161. The van der Waals surface area contributed by atoms with Crippen molar-refractivity contribution in [2.24, 2.45) is 0 Å². The fourth-order valence-electron chi connectivity index (χ4n) is 19.9. The van der Waals surface area contributed by atoms with Crippen LogP contribution >= 0.6 is 0 Å². The predicted molar refractivity (Wildman–Crippen MR) is 521 cm³/mol. The van der Waals surface area contributed by atoms with E-state index in [9.17, 15) is 13.7 Å². The average Bonchev–Trinajstić information content (AvgIpc) is 0.668. The van der Waals surface area contributed by atoms with E-state index in [1.807, 2.05) is 211 Å². The Kier molecular flexibility index (Phi) is 12.6. The van der Waals surface area contributed by atoms with Gasteiger partial charge in [-0.3, -0.25) is 0 Å².